The van der Waals surface area contributed by atoms with Crippen LogP contribution in [0.4, 0.5) is 13.2 Å². The Hall–Kier alpha value is -1.81. The Kier molecular flexibility index (Phi) is 4.68. The Morgan fingerprint density at radius 1 is 0.810 bits per heavy atom. The molecule has 21 heavy (non-hydrogen) atoms. The van der Waals surface area contributed by atoms with Gasteiger partial charge in [-0.2, -0.15) is 13.2 Å². The molecule has 2 atom stereocenters. The van der Waals surface area contributed by atoms with E-state index in [4.69, 9.17) is 0 Å². The van der Waals surface area contributed by atoms with Gasteiger partial charge in [-0.3, -0.25) is 0 Å². The van der Waals surface area contributed by atoms with Crippen LogP contribution >= 0.6 is 0 Å². The van der Waals surface area contributed by atoms with Crippen molar-refractivity contribution in [2.45, 2.75) is 32.1 Å². The van der Waals surface area contributed by atoms with E-state index < -0.39 is 11.7 Å². The summed E-state index contributed by atoms with van der Waals surface area (Å²) in [6.07, 6.45) is -4.30. The van der Waals surface area contributed by atoms with Gasteiger partial charge in [0.2, 0.25) is 0 Å². The molecule has 2 aromatic rings. The van der Waals surface area contributed by atoms with Gasteiger partial charge in [-0.05, 0) is 37.1 Å². The van der Waals surface area contributed by atoms with Crippen molar-refractivity contribution in [2.24, 2.45) is 0 Å². The summed E-state index contributed by atoms with van der Waals surface area (Å²) in [5.41, 5.74) is 1.13. The monoisotopic (exact) mass is 293 g/mol. The zero-order valence-electron chi connectivity index (χ0n) is 12.0. The van der Waals surface area contributed by atoms with E-state index in [0.29, 0.717) is 5.56 Å². The average molecular weight is 293 g/mol. The van der Waals surface area contributed by atoms with Gasteiger partial charge in [-0.25, -0.2) is 0 Å². The summed E-state index contributed by atoms with van der Waals surface area (Å²) in [5, 5.41) is 3.32. The van der Waals surface area contributed by atoms with Crippen molar-refractivity contribution in [3.63, 3.8) is 0 Å². The minimum atomic E-state index is -4.30. The van der Waals surface area contributed by atoms with Crippen LogP contribution in [-0.2, 0) is 6.18 Å². The molecule has 2 rings (SSSR count). The Labute approximate surface area is 122 Å². The highest BCUT2D eigenvalue weighted by molar-refractivity contribution is 5.28. The number of alkyl halides is 3. The van der Waals surface area contributed by atoms with E-state index in [1.807, 2.05) is 44.2 Å². The average Bonchev–Trinajstić information content (AvgIpc) is 2.47. The van der Waals surface area contributed by atoms with Crippen molar-refractivity contribution in [3.05, 3.63) is 71.3 Å². The van der Waals surface area contributed by atoms with Crippen LogP contribution in [0.1, 0.15) is 42.6 Å². The molecule has 0 aliphatic rings. The molecular weight excluding hydrogens is 275 g/mol. The molecule has 0 unspecified atom stereocenters. The number of benzene rings is 2. The van der Waals surface area contributed by atoms with Crippen molar-refractivity contribution in [3.8, 4) is 0 Å². The lowest BCUT2D eigenvalue weighted by Gasteiger charge is -2.21. The first-order valence-corrected chi connectivity index (χ1v) is 6.86. The highest BCUT2D eigenvalue weighted by Crippen LogP contribution is 2.31. The molecule has 0 aliphatic heterocycles. The molecule has 2 aromatic carbocycles. The van der Waals surface area contributed by atoms with E-state index in [9.17, 15) is 13.2 Å². The van der Waals surface area contributed by atoms with Gasteiger partial charge in [0.05, 0.1) is 5.56 Å². The summed E-state index contributed by atoms with van der Waals surface area (Å²) in [4.78, 5) is 0. The predicted molar refractivity (Wildman–Crippen MR) is 77.9 cm³/mol. The minimum absolute atomic E-state index is 0.0655. The Morgan fingerprint density at radius 2 is 1.38 bits per heavy atom. The molecular formula is C17H18F3N. The second-order valence-electron chi connectivity index (χ2n) is 5.14. The molecule has 0 radical (unpaired) electrons. The maximum atomic E-state index is 12.7. The van der Waals surface area contributed by atoms with Gasteiger partial charge < -0.3 is 5.32 Å². The van der Waals surface area contributed by atoms with Crippen molar-refractivity contribution in [1.29, 1.82) is 0 Å². The molecule has 0 aromatic heterocycles. The number of rotatable bonds is 4. The van der Waals surface area contributed by atoms with E-state index in [0.717, 1.165) is 11.6 Å². The maximum absolute atomic E-state index is 12.7. The van der Waals surface area contributed by atoms with Crippen molar-refractivity contribution >= 4 is 0 Å². The van der Waals surface area contributed by atoms with E-state index in [-0.39, 0.29) is 12.1 Å². The van der Waals surface area contributed by atoms with Gasteiger partial charge in [-0.1, -0.05) is 42.5 Å². The van der Waals surface area contributed by atoms with Gasteiger partial charge in [0, 0.05) is 12.1 Å². The van der Waals surface area contributed by atoms with Crippen LogP contribution in [0, 0.1) is 0 Å². The Bertz CT molecular complexity index is 578. The molecule has 0 saturated heterocycles. The first-order valence-electron chi connectivity index (χ1n) is 6.86. The SMILES string of the molecule is C[C@H](N[C@@H](C)c1cccc(C(F)(F)F)c1)c1ccccc1. The van der Waals surface area contributed by atoms with E-state index >= 15 is 0 Å². The number of hydrogen-bond acceptors (Lipinski definition) is 1. The molecule has 0 spiro atoms. The number of nitrogens with one attached hydrogen (secondary N) is 1. The van der Waals surface area contributed by atoms with Gasteiger partial charge in [-0.15, -0.1) is 0 Å². The topological polar surface area (TPSA) is 12.0 Å². The second kappa shape index (κ2) is 6.31. The van der Waals surface area contributed by atoms with Gasteiger partial charge in [0.15, 0.2) is 0 Å². The smallest absolute Gasteiger partial charge is 0.304 e. The number of halogens is 3. The molecule has 112 valence electrons. The zero-order chi connectivity index (χ0) is 15.5. The lowest BCUT2D eigenvalue weighted by molar-refractivity contribution is -0.137. The Balaban J connectivity index is 2.12. The third-order valence-corrected chi connectivity index (χ3v) is 3.51. The Morgan fingerprint density at radius 3 is 2.00 bits per heavy atom. The first kappa shape index (κ1) is 15.6. The van der Waals surface area contributed by atoms with Crippen molar-refractivity contribution in [1.82, 2.24) is 5.32 Å². The van der Waals surface area contributed by atoms with Crippen molar-refractivity contribution in [2.75, 3.05) is 0 Å². The van der Waals surface area contributed by atoms with Gasteiger partial charge in [0.1, 0.15) is 0 Å². The maximum Gasteiger partial charge on any atom is 0.416 e. The fourth-order valence-electron chi connectivity index (χ4n) is 2.29. The predicted octanol–water partition coefficient (Wildman–Crippen LogP) is 5.12. The third-order valence-electron chi connectivity index (χ3n) is 3.51. The quantitative estimate of drug-likeness (QED) is 0.825. The summed E-state index contributed by atoms with van der Waals surface area (Å²) >= 11 is 0. The van der Waals surface area contributed by atoms with Crippen molar-refractivity contribution < 1.29 is 13.2 Å². The largest absolute Gasteiger partial charge is 0.416 e. The normalized spacial score (nSPS) is 14.7. The van der Waals surface area contributed by atoms with Gasteiger partial charge in [0.25, 0.3) is 0 Å². The fourth-order valence-corrected chi connectivity index (χ4v) is 2.29. The molecule has 0 amide bonds. The third kappa shape index (κ3) is 4.08. The second-order valence-corrected chi connectivity index (χ2v) is 5.14. The zero-order valence-corrected chi connectivity index (χ0v) is 12.0. The highest BCUT2D eigenvalue weighted by Gasteiger charge is 2.30. The van der Waals surface area contributed by atoms with Crippen LogP contribution in [0.5, 0.6) is 0 Å². The van der Waals surface area contributed by atoms with Crippen LogP contribution in [0.3, 0.4) is 0 Å². The summed E-state index contributed by atoms with van der Waals surface area (Å²) in [5.74, 6) is 0. The fraction of sp³-hybridized carbons (Fsp3) is 0.294. The van der Waals surface area contributed by atoms with Crippen LogP contribution in [0.25, 0.3) is 0 Å². The molecule has 0 aliphatic carbocycles. The number of hydrogen-bond donors (Lipinski definition) is 1. The summed E-state index contributed by atoms with van der Waals surface area (Å²) in [6.45, 7) is 3.87. The summed E-state index contributed by atoms with van der Waals surface area (Å²) in [6, 6.07) is 15.2. The molecule has 0 fully saturated rings. The standard InChI is InChI=1S/C17H18F3N/c1-12(14-7-4-3-5-8-14)21-13(2)15-9-6-10-16(11-15)17(18,19)20/h3-13,21H,1-2H3/t12-,13-/m0/s1. The first-order chi connectivity index (χ1) is 9.88. The van der Waals surface area contributed by atoms with Crippen LogP contribution in [0.2, 0.25) is 0 Å². The lowest BCUT2D eigenvalue weighted by Crippen LogP contribution is -2.22. The highest BCUT2D eigenvalue weighted by atomic mass is 19.4. The van der Waals surface area contributed by atoms with E-state index in [1.165, 1.54) is 12.1 Å². The molecule has 1 nitrogen and oxygen atoms in total. The molecule has 0 saturated carbocycles. The summed E-state index contributed by atoms with van der Waals surface area (Å²) in [7, 11) is 0. The van der Waals surface area contributed by atoms with Gasteiger partial charge >= 0.3 is 6.18 Å². The summed E-state index contributed by atoms with van der Waals surface area (Å²) < 4.78 is 38.2. The van der Waals surface area contributed by atoms with Crippen LogP contribution in [-0.4, -0.2) is 0 Å². The molecule has 0 bridgehead atoms. The molecule has 1 N–H and O–H groups in total. The molecule has 0 heterocycles. The van der Waals surface area contributed by atoms with Crippen LogP contribution in [0.15, 0.2) is 54.6 Å². The minimum Gasteiger partial charge on any atom is -0.304 e. The van der Waals surface area contributed by atoms with E-state index in [1.54, 1.807) is 6.07 Å². The van der Waals surface area contributed by atoms with E-state index in [2.05, 4.69) is 5.32 Å². The van der Waals surface area contributed by atoms with Crippen LogP contribution < -0.4 is 5.32 Å². The molecule has 4 heteroatoms. The lowest BCUT2D eigenvalue weighted by atomic mass is 10.0.